The lowest BCUT2D eigenvalue weighted by atomic mass is 9.84. The molecule has 3 N–H and O–H groups in total. The number of likely N-dealkylation sites (tertiary alicyclic amines) is 1. The Bertz CT molecular complexity index is 1630. The van der Waals surface area contributed by atoms with Crippen LogP contribution in [0.5, 0.6) is 11.5 Å². The minimum Gasteiger partial charge on any atom is -0.451 e. The third-order valence-electron chi connectivity index (χ3n) is 7.47. The van der Waals surface area contributed by atoms with Crippen LogP contribution >= 0.6 is 0 Å². The average molecular weight is 574 g/mol. The zero-order valence-electron chi connectivity index (χ0n) is 23.9. The molecule has 0 saturated carbocycles. The van der Waals surface area contributed by atoms with Crippen molar-refractivity contribution in [2.24, 2.45) is 10.5 Å². The van der Waals surface area contributed by atoms with E-state index >= 15 is 0 Å². The number of nitriles is 1. The number of rotatable bonds is 8. The summed E-state index contributed by atoms with van der Waals surface area (Å²) in [5, 5.41) is 22.5. The number of aromatic amines is 1. The van der Waals surface area contributed by atoms with Crippen LogP contribution in [-0.4, -0.2) is 45.0 Å². The van der Waals surface area contributed by atoms with E-state index in [4.69, 9.17) is 10.3 Å². The van der Waals surface area contributed by atoms with Crippen molar-refractivity contribution in [2.75, 3.05) is 0 Å². The van der Waals surface area contributed by atoms with Gasteiger partial charge in [0.25, 0.3) is 5.91 Å². The van der Waals surface area contributed by atoms with Gasteiger partial charge in [-0.25, -0.2) is 15.0 Å². The van der Waals surface area contributed by atoms with Crippen LogP contribution < -0.4 is 15.6 Å². The standard InChI is InChI=1S/C30H32FN7O4/c1-16-11-20(9-10-23(16)42-24-12-17(2)36-37-28(24)40)27(39)34-18(3)29(41)38-25(30(4,5)15-32)14-22(35-33)26(38)19-7-6-8-21(31)13-19/h6-13,18,22,25-26,33H,14H2,1-5H3,(H,34,39)(H,37,40)/t18-,22+,25?,26?/m1/s1. The zero-order chi connectivity index (χ0) is 30.8. The fraction of sp³-hybridized carbons (Fsp3) is 0.367. The van der Waals surface area contributed by atoms with Crippen LogP contribution in [-0.2, 0) is 4.79 Å². The molecule has 2 unspecified atom stereocenters. The molecule has 0 aliphatic carbocycles. The van der Waals surface area contributed by atoms with E-state index in [1.165, 1.54) is 42.2 Å². The summed E-state index contributed by atoms with van der Waals surface area (Å²) in [5.74, 6) is -1.08. The number of H-pyrrole nitrogens is 1. The summed E-state index contributed by atoms with van der Waals surface area (Å²) in [7, 11) is 0. The van der Waals surface area contributed by atoms with Crippen molar-refractivity contribution in [1.82, 2.24) is 20.4 Å². The molecule has 0 radical (unpaired) electrons. The summed E-state index contributed by atoms with van der Waals surface area (Å²) in [4.78, 5) is 40.7. The Morgan fingerprint density at radius 1 is 1.24 bits per heavy atom. The Hall–Kier alpha value is -4.92. The van der Waals surface area contributed by atoms with Gasteiger partial charge < -0.3 is 15.0 Å². The maximum atomic E-state index is 14.2. The number of ether oxygens (including phenoxy) is 1. The van der Waals surface area contributed by atoms with E-state index in [0.29, 0.717) is 22.6 Å². The van der Waals surface area contributed by atoms with Crippen LogP contribution in [0.1, 0.15) is 60.4 Å². The largest absolute Gasteiger partial charge is 0.451 e. The van der Waals surface area contributed by atoms with E-state index in [0.717, 1.165) is 0 Å². The van der Waals surface area contributed by atoms with Crippen molar-refractivity contribution in [3.63, 3.8) is 0 Å². The van der Waals surface area contributed by atoms with Crippen LogP contribution in [0.25, 0.3) is 0 Å². The monoisotopic (exact) mass is 573 g/mol. The molecular weight excluding hydrogens is 541 g/mol. The molecule has 1 saturated heterocycles. The minimum absolute atomic E-state index is 0.0630. The molecular formula is C30H32FN7O4. The quantitative estimate of drug-likeness (QED) is 0.330. The number of nitrogens with zero attached hydrogens (tertiary/aromatic N) is 4. The molecule has 1 fully saturated rings. The van der Waals surface area contributed by atoms with Gasteiger partial charge in [-0.2, -0.15) is 15.5 Å². The fourth-order valence-electron chi connectivity index (χ4n) is 5.20. The van der Waals surface area contributed by atoms with Crippen molar-refractivity contribution in [2.45, 2.75) is 65.2 Å². The molecule has 1 aliphatic heterocycles. The Morgan fingerprint density at radius 2 is 1.98 bits per heavy atom. The number of hydrogen-bond donors (Lipinski definition) is 3. The Morgan fingerprint density at radius 3 is 2.62 bits per heavy atom. The number of aryl methyl sites for hydroxylation is 2. The molecule has 1 aromatic heterocycles. The van der Waals surface area contributed by atoms with E-state index in [2.05, 4.69) is 26.7 Å². The average Bonchev–Trinajstić information content (AvgIpc) is 3.36. The molecule has 3 aromatic rings. The van der Waals surface area contributed by atoms with E-state index in [-0.39, 0.29) is 17.7 Å². The van der Waals surface area contributed by atoms with E-state index in [1.807, 2.05) is 0 Å². The second kappa shape index (κ2) is 11.9. The molecule has 4 atom stereocenters. The highest BCUT2D eigenvalue weighted by molar-refractivity contribution is 5.98. The lowest BCUT2D eigenvalue weighted by molar-refractivity contribution is -0.137. The van der Waals surface area contributed by atoms with Gasteiger partial charge in [-0.15, -0.1) is 0 Å². The van der Waals surface area contributed by atoms with Gasteiger partial charge in [0.05, 0.1) is 35.3 Å². The van der Waals surface area contributed by atoms with Crippen LogP contribution in [0.3, 0.4) is 0 Å². The van der Waals surface area contributed by atoms with Gasteiger partial charge in [-0.3, -0.25) is 14.4 Å². The maximum absolute atomic E-state index is 14.2. The number of halogens is 1. The molecule has 4 rings (SSSR count). The highest BCUT2D eigenvalue weighted by Gasteiger charge is 2.51. The highest BCUT2D eigenvalue weighted by atomic mass is 19.1. The topological polar surface area (TPSA) is 164 Å². The summed E-state index contributed by atoms with van der Waals surface area (Å²) in [5.41, 5.74) is 8.14. The molecule has 0 spiro atoms. The molecule has 11 nitrogen and oxygen atoms in total. The van der Waals surface area contributed by atoms with Crippen molar-refractivity contribution >= 4 is 11.8 Å². The summed E-state index contributed by atoms with van der Waals surface area (Å²) < 4.78 is 19.9. The van der Waals surface area contributed by atoms with E-state index < -0.39 is 52.8 Å². The van der Waals surface area contributed by atoms with Crippen LogP contribution in [0.15, 0.2) is 58.4 Å². The second-order valence-electron chi connectivity index (χ2n) is 11.0. The van der Waals surface area contributed by atoms with Crippen LogP contribution in [0.2, 0.25) is 0 Å². The van der Waals surface area contributed by atoms with Gasteiger partial charge >= 0.3 is 5.56 Å². The third-order valence-corrected chi connectivity index (χ3v) is 7.47. The predicted molar refractivity (Wildman–Crippen MR) is 150 cm³/mol. The summed E-state index contributed by atoms with van der Waals surface area (Å²) in [6.45, 7) is 8.36. The van der Waals surface area contributed by atoms with E-state index in [1.54, 1.807) is 45.9 Å². The van der Waals surface area contributed by atoms with Gasteiger partial charge in [0.1, 0.15) is 17.6 Å². The number of aromatic nitrogens is 2. The molecule has 12 heteroatoms. The normalized spacial score (nSPS) is 19.1. The SMILES string of the molecule is Cc1cc(Oc2ccc(C(=O)N[C@H](C)C(=O)N3C(c4cccc(F)c4)[C@@H](N=N)CC3C(C)(C)C#N)cc2C)c(=O)[nH]n1. The highest BCUT2D eigenvalue weighted by Crippen LogP contribution is 2.45. The number of amides is 2. The Labute approximate surface area is 242 Å². The number of nitrogens with one attached hydrogen (secondary N) is 3. The molecule has 0 bridgehead atoms. The molecule has 1 aliphatic rings. The van der Waals surface area contributed by atoms with E-state index in [9.17, 15) is 24.0 Å². The molecule has 42 heavy (non-hydrogen) atoms. The van der Waals surface area contributed by atoms with Crippen LogP contribution in [0.4, 0.5) is 4.39 Å². The van der Waals surface area contributed by atoms with Gasteiger partial charge in [0.15, 0.2) is 5.75 Å². The Kier molecular flexibility index (Phi) is 8.51. The van der Waals surface area contributed by atoms with Crippen molar-refractivity contribution in [3.05, 3.63) is 87.1 Å². The fourth-order valence-corrected chi connectivity index (χ4v) is 5.20. The second-order valence-corrected chi connectivity index (χ2v) is 11.0. The molecule has 218 valence electrons. The summed E-state index contributed by atoms with van der Waals surface area (Å²) >= 11 is 0. The van der Waals surface area contributed by atoms with Crippen molar-refractivity contribution in [1.29, 1.82) is 10.8 Å². The first-order valence-corrected chi connectivity index (χ1v) is 13.4. The summed E-state index contributed by atoms with van der Waals surface area (Å²) in [6.07, 6.45) is 0.234. The molecule has 2 amide bonds. The Balaban J connectivity index is 1.58. The lowest BCUT2D eigenvalue weighted by Crippen LogP contribution is -2.52. The lowest BCUT2D eigenvalue weighted by Gasteiger charge is -2.38. The maximum Gasteiger partial charge on any atom is 0.307 e. The third kappa shape index (κ3) is 6.05. The van der Waals surface area contributed by atoms with Gasteiger partial charge in [-0.1, -0.05) is 12.1 Å². The minimum atomic E-state index is -1.02. The number of carbonyl (C=O) groups excluding carboxylic acids is 2. The molecule has 2 aromatic carbocycles. The van der Waals surface area contributed by atoms with Crippen molar-refractivity contribution in [3.8, 4) is 17.6 Å². The number of carbonyl (C=O) groups is 2. The van der Waals surface area contributed by atoms with Gasteiger partial charge in [-0.05, 0) is 82.5 Å². The van der Waals surface area contributed by atoms with Crippen LogP contribution in [0, 0.1) is 41.9 Å². The first-order chi connectivity index (χ1) is 19.9. The molecule has 2 heterocycles. The summed E-state index contributed by atoms with van der Waals surface area (Å²) in [6, 6.07) is 11.0. The number of benzene rings is 2. The first kappa shape index (κ1) is 30.0. The van der Waals surface area contributed by atoms with Crippen molar-refractivity contribution < 1.29 is 18.7 Å². The van der Waals surface area contributed by atoms with Gasteiger partial charge in [0, 0.05) is 11.6 Å². The first-order valence-electron chi connectivity index (χ1n) is 13.4. The smallest absolute Gasteiger partial charge is 0.307 e. The zero-order valence-corrected chi connectivity index (χ0v) is 23.9. The van der Waals surface area contributed by atoms with Gasteiger partial charge in [0.2, 0.25) is 5.91 Å². The predicted octanol–water partition coefficient (Wildman–Crippen LogP) is 4.73. The number of hydrogen-bond acceptors (Lipinski definition) is 8.